The molecule has 12 heavy (non-hydrogen) atoms. The highest BCUT2D eigenvalue weighted by atomic mass is 35.5. The Bertz CT molecular complexity index is 108. The monoisotopic (exact) mass is 189 g/mol. The molecule has 72 valence electrons. The van der Waals surface area contributed by atoms with Crippen molar-refractivity contribution in [1.29, 1.82) is 0 Å². The minimum atomic E-state index is 0.343. The van der Waals surface area contributed by atoms with Crippen molar-refractivity contribution in [3.63, 3.8) is 0 Å². The summed E-state index contributed by atoms with van der Waals surface area (Å²) < 4.78 is 0. The highest BCUT2D eigenvalue weighted by Gasteiger charge is 2.13. The van der Waals surface area contributed by atoms with Gasteiger partial charge in [-0.1, -0.05) is 12.8 Å². The molecule has 0 radical (unpaired) electrons. The topological polar surface area (TPSA) is 12.0 Å². The van der Waals surface area contributed by atoms with Crippen LogP contribution in [0.3, 0.4) is 0 Å². The van der Waals surface area contributed by atoms with Crippen molar-refractivity contribution >= 4 is 11.6 Å². The van der Waals surface area contributed by atoms with Crippen molar-refractivity contribution in [3.8, 4) is 0 Å². The van der Waals surface area contributed by atoms with Crippen LogP contribution in [0.25, 0.3) is 0 Å². The second-order valence-electron chi connectivity index (χ2n) is 3.86. The quantitative estimate of drug-likeness (QED) is 0.518. The first-order valence-electron chi connectivity index (χ1n) is 5.16. The molecule has 0 aromatic carbocycles. The van der Waals surface area contributed by atoms with Gasteiger partial charge in [-0.2, -0.15) is 0 Å². The number of halogens is 1. The van der Waals surface area contributed by atoms with Gasteiger partial charge in [0.25, 0.3) is 0 Å². The number of alkyl halides is 1. The molecule has 1 atom stereocenters. The van der Waals surface area contributed by atoms with E-state index in [4.69, 9.17) is 11.6 Å². The Hall–Kier alpha value is 0.250. The van der Waals surface area contributed by atoms with Crippen molar-refractivity contribution in [2.24, 2.45) is 0 Å². The molecular formula is C10H20ClN. The molecule has 1 rings (SSSR count). The largest absolute Gasteiger partial charge is 0.314 e. The maximum absolute atomic E-state index is 5.85. The highest BCUT2D eigenvalue weighted by molar-refractivity contribution is 6.20. The van der Waals surface area contributed by atoms with Crippen molar-refractivity contribution in [2.45, 2.75) is 56.9 Å². The van der Waals surface area contributed by atoms with Gasteiger partial charge in [-0.05, 0) is 39.2 Å². The minimum absolute atomic E-state index is 0.343. The van der Waals surface area contributed by atoms with Crippen LogP contribution in [0.2, 0.25) is 0 Å². The zero-order chi connectivity index (χ0) is 8.81. The number of hydrogen-bond donors (Lipinski definition) is 1. The van der Waals surface area contributed by atoms with E-state index in [1.165, 1.54) is 32.1 Å². The highest BCUT2D eigenvalue weighted by Crippen LogP contribution is 2.17. The normalized spacial score (nSPS) is 21.5. The fourth-order valence-corrected chi connectivity index (χ4v) is 1.97. The van der Waals surface area contributed by atoms with Crippen LogP contribution in [0, 0.1) is 0 Å². The number of rotatable bonds is 5. The lowest BCUT2D eigenvalue weighted by Crippen LogP contribution is -2.27. The number of nitrogens with one attached hydrogen (secondary N) is 1. The predicted octanol–water partition coefficient (Wildman–Crippen LogP) is 2.93. The molecule has 0 aromatic heterocycles. The van der Waals surface area contributed by atoms with E-state index >= 15 is 0 Å². The first-order chi connectivity index (χ1) is 5.79. The van der Waals surface area contributed by atoms with Crippen LogP contribution in [0.15, 0.2) is 0 Å². The lowest BCUT2D eigenvalue weighted by molar-refractivity contribution is 0.507. The summed E-state index contributed by atoms with van der Waals surface area (Å²) in [5, 5.41) is 3.92. The van der Waals surface area contributed by atoms with Crippen LogP contribution in [-0.4, -0.2) is 18.0 Å². The van der Waals surface area contributed by atoms with Crippen LogP contribution in [0.4, 0.5) is 0 Å². The first kappa shape index (κ1) is 10.3. The molecule has 1 aliphatic rings. The first-order valence-corrected chi connectivity index (χ1v) is 5.60. The summed E-state index contributed by atoms with van der Waals surface area (Å²) in [4.78, 5) is 0. The van der Waals surface area contributed by atoms with E-state index < -0.39 is 0 Å². The molecule has 0 aromatic rings. The van der Waals surface area contributed by atoms with E-state index in [0.717, 1.165) is 19.0 Å². The summed E-state index contributed by atoms with van der Waals surface area (Å²) in [6.45, 7) is 3.22. The third-order valence-electron chi connectivity index (χ3n) is 2.57. The average Bonchev–Trinajstić information content (AvgIpc) is 2.49. The molecular weight excluding hydrogens is 170 g/mol. The lowest BCUT2D eigenvalue weighted by Gasteiger charge is -2.11. The van der Waals surface area contributed by atoms with E-state index in [0.29, 0.717) is 5.38 Å². The fraction of sp³-hybridized carbons (Fsp3) is 1.00. The van der Waals surface area contributed by atoms with Gasteiger partial charge in [0, 0.05) is 11.4 Å². The molecule has 0 aliphatic heterocycles. The van der Waals surface area contributed by atoms with Crippen LogP contribution in [0.5, 0.6) is 0 Å². The smallest absolute Gasteiger partial charge is 0.0308 e. The Morgan fingerprint density at radius 3 is 2.67 bits per heavy atom. The molecule has 1 aliphatic carbocycles. The zero-order valence-electron chi connectivity index (χ0n) is 7.98. The van der Waals surface area contributed by atoms with Crippen molar-refractivity contribution < 1.29 is 0 Å². The summed E-state index contributed by atoms with van der Waals surface area (Å²) in [6.07, 6.45) is 7.97. The third kappa shape index (κ3) is 4.32. The summed E-state index contributed by atoms with van der Waals surface area (Å²) in [5.74, 6) is 0. The van der Waals surface area contributed by atoms with Gasteiger partial charge in [0.1, 0.15) is 0 Å². The van der Waals surface area contributed by atoms with Gasteiger partial charge < -0.3 is 5.32 Å². The van der Waals surface area contributed by atoms with Crippen molar-refractivity contribution in [2.75, 3.05) is 6.54 Å². The molecule has 1 N–H and O–H groups in total. The zero-order valence-corrected chi connectivity index (χ0v) is 8.74. The van der Waals surface area contributed by atoms with Gasteiger partial charge >= 0.3 is 0 Å². The second-order valence-corrected chi connectivity index (χ2v) is 4.60. The second kappa shape index (κ2) is 5.82. The molecule has 1 saturated carbocycles. The molecule has 0 amide bonds. The average molecular weight is 190 g/mol. The van der Waals surface area contributed by atoms with Gasteiger partial charge in [0.2, 0.25) is 0 Å². The van der Waals surface area contributed by atoms with E-state index in [1.807, 2.05) is 0 Å². The standard InChI is InChI=1S/C10H20ClN/c1-9(11)5-4-8-12-10-6-2-3-7-10/h9-10,12H,2-8H2,1H3. The molecule has 0 saturated heterocycles. The van der Waals surface area contributed by atoms with Gasteiger partial charge in [0.05, 0.1) is 0 Å². The van der Waals surface area contributed by atoms with Crippen LogP contribution in [-0.2, 0) is 0 Å². The molecule has 0 spiro atoms. The molecule has 0 heterocycles. The fourth-order valence-electron chi connectivity index (χ4n) is 1.82. The summed E-state index contributed by atoms with van der Waals surface area (Å²) in [7, 11) is 0. The Labute approximate surface area is 80.9 Å². The van der Waals surface area contributed by atoms with E-state index in [9.17, 15) is 0 Å². The summed E-state index contributed by atoms with van der Waals surface area (Å²) >= 11 is 5.85. The van der Waals surface area contributed by atoms with E-state index in [1.54, 1.807) is 0 Å². The Kier molecular flexibility index (Phi) is 5.01. The summed E-state index contributed by atoms with van der Waals surface area (Å²) in [6, 6.07) is 0.815. The van der Waals surface area contributed by atoms with Gasteiger partial charge in [-0.15, -0.1) is 11.6 Å². The Morgan fingerprint density at radius 1 is 1.42 bits per heavy atom. The number of hydrogen-bond acceptors (Lipinski definition) is 1. The lowest BCUT2D eigenvalue weighted by atomic mass is 10.2. The van der Waals surface area contributed by atoms with Gasteiger partial charge in [-0.25, -0.2) is 0 Å². The summed E-state index contributed by atoms with van der Waals surface area (Å²) in [5.41, 5.74) is 0. The molecule has 1 fully saturated rings. The van der Waals surface area contributed by atoms with Gasteiger partial charge in [0.15, 0.2) is 0 Å². The Balaban J connectivity index is 1.88. The predicted molar refractivity (Wildman–Crippen MR) is 54.8 cm³/mol. The van der Waals surface area contributed by atoms with E-state index in [2.05, 4.69) is 12.2 Å². The third-order valence-corrected chi connectivity index (χ3v) is 2.79. The van der Waals surface area contributed by atoms with Crippen LogP contribution < -0.4 is 5.32 Å². The molecule has 2 heteroatoms. The molecule has 0 bridgehead atoms. The maximum atomic E-state index is 5.85. The molecule has 1 nitrogen and oxygen atoms in total. The van der Waals surface area contributed by atoms with Crippen molar-refractivity contribution in [3.05, 3.63) is 0 Å². The van der Waals surface area contributed by atoms with Crippen LogP contribution in [0.1, 0.15) is 45.4 Å². The van der Waals surface area contributed by atoms with Gasteiger partial charge in [-0.3, -0.25) is 0 Å². The van der Waals surface area contributed by atoms with Crippen LogP contribution >= 0.6 is 11.6 Å². The van der Waals surface area contributed by atoms with E-state index in [-0.39, 0.29) is 0 Å². The van der Waals surface area contributed by atoms with Crippen molar-refractivity contribution in [1.82, 2.24) is 5.32 Å². The molecule has 1 unspecified atom stereocenters. The Morgan fingerprint density at radius 2 is 2.08 bits per heavy atom. The SMILES string of the molecule is CC(Cl)CCCNC1CCCC1. The minimum Gasteiger partial charge on any atom is -0.314 e. The maximum Gasteiger partial charge on any atom is 0.0308 e.